The number of thiazole rings is 1. The van der Waals surface area contributed by atoms with Crippen LogP contribution in [-0.4, -0.2) is 15.9 Å². The van der Waals surface area contributed by atoms with Crippen LogP contribution in [0.25, 0.3) is 11.4 Å². The van der Waals surface area contributed by atoms with Gasteiger partial charge < -0.3 is 5.32 Å². The molecule has 2 heterocycles. The van der Waals surface area contributed by atoms with Crippen LogP contribution in [0.1, 0.15) is 12.6 Å². The molecule has 16 heavy (non-hydrogen) atoms. The normalized spacial score (nSPS) is 10.1. The van der Waals surface area contributed by atoms with Crippen molar-refractivity contribution in [2.24, 2.45) is 0 Å². The van der Waals surface area contributed by atoms with Gasteiger partial charge in [-0.2, -0.15) is 0 Å². The molecular formula is C11H11N3OS. The molecule has 5 heteroatoms. The lowest BCUT2D eigenvalue weighted by Gasteiger charge is -1.97. The maximum absolute atomic E-state index is 10.9. The monoisotopic (exact) mass is 233 g/mol. The van der Waals surface area contributed by atoms with Crippen molar-refractivity contribution in [1.82, 2.24) is 9.97 Å². The zero-order valence-corrected chi connectivity index (χ0v) is 9.84. The molecule has 82 valence electrons. The third-order valence-corrected chi connectivity index (χ3v) is 2.70. The SMILES string of the molecule is CC(=O)Nc1nc(-c2cccc(C)n2)cs1. The van der Waals surface area contributed by atoms with Crippen molar-refractivity contribution in [2.75, 3.05) is 5.32 Å². The van der Waals surface area contributed by atoms with E-state index in [-0.39, 0.29) is 5.91 Å². The second-order valence-corrected chi connectivity index (χ2v) is 4.24. The van der Waals surface area contributed by atoms with Gasteiger partial charge in [-0.1, -0.05) is 6.07 Å². The highest BCUT2D eigenvalue weighted by Crippen LogP contribution is 2.23. The van der Waals surface area contributed by atoms with Gasteiger partial charge in [-0.3, -0.25) is 9.78 Å². The van der Waals surface area contributed by atoms with Gasteiger partial charge in [-0.05, 0) is 19.1 Å². The summed E-state index contributed by atoms with van der Waals surface area (Å²) in [6.07, 6.45) is 0. The van der Waals surface area contributed by atoms with E-state index < -0.39 is 0 Å². The van der Waals surface area contributed by atoms with Gasteiger partial charge >= 0.3 is 0 Å². The predicted octanol–water partition coefficient (Wildman–Crippen LogP) is 2.47. The van der Waals surface area contributed by atoms with Gasteiger partial charge in [-0.25, -0.2) is 4.98 Å². The minimum atomic E-state index is -0.113. The summed E-state index contributed by atoms with van der Waals surface area (Å²) in [6, 6.07) is 5.78. The molecule has 2 aromatic rings. The lowest BCUT2D eigenvalue weighted by molar-refractivity contribution is -0.114. The topological polar surface area (TPSA) is 54.9 Å². The Morgan fingerprint density at radius 1 is 1.31 bits per heavy atom. The Kier molecular flexibility index (Phi) is 2.96. The van der Waals surface area contributed by atoms with Crippen LogP contribution in [0.4, 0.5) is 5.13 Å². The summed E-state index contributed by atoms with van der Waals surface area (Å²) in [5.41, 5.74) is 2.57. The Morgan fingerprint density at radius 3 is 2.81 bits per heavy atom. The maximum Gasteiger partial charge on any atom is 0.223 e. The number of hydrogen-bond donors (Lipinski definition) is 1. The molecule has 0 unspecified atom stereocenters. The number of pyridine rings is 1. The van der Waals surface area contributed by atoms with E-state index in [4.69, 9.17) is 0 Å². The fourth-order valence-corrected chi connectivity index (χ4v) is 2.04. The molecule has 0 spiro atoms. The first kappa shape index (κ1) is 10.8. The maximum atomic E-state index is 10.9. The molecule has 0 fully saturated rings. The summed E-state index contributed by atoms with van der Waals surface area (Å²) in [5.74, 6) is -0.113. The van der Waals surface area contributed by atoms with Crippen LogP contribution < -0.4 is 5.32 Å². The predicted molar refractivity (Wildman–Crippen MR) is 64.4 cm³/mol. The van der Waals surface area contributed by atoms with E-state index >= 15 is 0 Å². The number of aromatic nitrogens is 2. The molecular weight excluding hydrogens is 222 g/mol. The molecule has 1 N–H and O–H groups in total. The van der Waals surface area contributed by atoms with E-state index in [9.17, 15) is 4.79 Å². The first-order valence-electron chi connectivity index (χ1n) is 4.82. The van der Waals surface area contributed by atoms with Crippen molar-refractivity contribution in [1.29, 1.82) is 0 Å². The van der Waals surface area contributed by atoms with E-state index in [0.29, 0.717) is 5.13 Å². The molecule has 2 aromatic heterocycles. The molecule has 0 aliphatic heterocycles. The minimum Gasteiger partial charge on any atom is -0.302 e. The molecule has 0 atom stereocenters. The van der Waals surface area contributed by atoms with E-state index in [1.165, 1.54) is 18.3 Å². The summed E-state index contributed by atoms with van der Waals surface area (Å²) in [7, 11) is 0. The van der Waals surface area contributed by atoms with Crippen molar-refractivity contribution in [3.63, 3.8) is 0 Å². The lowest BCUT2D eigenvalue weighted by Crippen LogP contribution is -2.05. The zero-order valence-electron chi connectivity index (χ0n) is 9.02. The number of nitrogens with one attached hydrogen (secondary N) is 1. The lowest BCUT2D eigenvalue weighted by atomic mass is 10.3. The molecule has 0 aliphatic rings. The summed E-state index contributed by atoms with van der Waals surface area (Å²) in [6.45, 7) is 3.40. The van der Waals surface area contributed by atoms with Crippen LogP contribution in [0.2, 0.25) is 0 Å². The number of rotatable bonds is 2. The number of nitrogens with zero attached hydrogens (tertiary/aromatic N) is 2. The highest BCUT2D eigenvalue weighted by molar-refractivity contribution is 7.14. The number of carbonyl (C=O) groups excluding carboxylic acids is 1. The van der Waals surface area contributed by atoms with E-state index in [1.807, 2.05) is 30.5 Å². The van der Waals surface area contributed by atoms with Crippen molar-refractivity contribution >= 4 is 22.4 Å². The molecule has 0 aromatic carbocycles. The van der Waals surface area contributed by atoms with Gasteiger partial charge in [0.05, 0.1) is 5.69 Å². The van der Waals surface area contributed by atoms with Gasteiger partial charge in [0, 0.05) is 18.0 Å². The molecule has 0 aliphatic carbocycles. The highest BCUT2D eigenvalue weighted by atomic mass is 32.1. The number of carbonyl (C=O) groups is 1. The Labute approximate surface area is 97.4 Å². The van der Waals surface area contributed by atoms with Gasteiger partial charge in [0.15, 0.2) is 5.13 Å². The van der Waals surface area contributed by atoms with E-state index in [1.54, 1.807) is 0 Å². The summed E-state index contributed by atoms with van der Waals surface area (Å²) in [4.78, 5) is 19.5. The fraction of sp³-hybridized carbons (Fsp3) is 0.182. The van der Waals surface area contributed by atoms with Crippen LogP contribution in [0.15, 0.2) is 23.6 Å². The van der Waals surface area contributed by atoms with Gasteiger partial charge in [0.1, 0.15) is 5.69 Å². The molecule has 1 amide bonds. The molecule has 0 saturated heterocycles. The minimum absolute atomic E-state index is 0.113. The number of aryl methyl sites for hydroxylation is 1. The molecule has 0 saturated carbocycles. The van der Waals surface area contributed by atoms with Crippen molar-refractivity contribution in [3.8, 4) is 11.4 Å². The molecule has 2 rings (SSSR count). The Bertz CT molecular complexity index is 521. The third-order valence-electron chi connectivity index (χ3n) is 1.94. The fourth-order valence-electron chi connectivity index (χ4n) is 1.29. The number of anilines is 1. The van der Waals surface area contributed by atoms with Crippen LogP contribution in [0.5, 0.6) is 0 Å². The third kappa shape index (κ3) is 2.43. The Hall–Kier alpha value is -1.75. The largest absolute Gasteiger partial charge is 0.302 e. The molecule has 0 radical (unpaired) electrons. The average Bonchev–Trinajstić information content (AvgIpc) is 2.65. The summed E-state index contributed by atoms with van der Waals surface area (Å²) >= 11 is 1.40. The van der Waals surface area contributed by atoms with Crippen LogP contribution in [-0.2, 0) is 4.79 Å². The van der Waals surface area contributed by atoms with Crippen LogP contribution in [0.3, 0.4) is 0 Å². The number of amides is 1. The van der Waals surface area contributed by atoms with Gasteiger partial charge in [0.25, 0.3) is 0 Å². The summed E-state index contributed by atoms with van der Waals surface area (Å²) < 4.78 is 0. The number of hydrogen-bond acceptors (Lipinski definition) is 4. The van der Waals surface area contributed by atoms with Crippen molar-refractivity contribution in [2.45, 2.75) is 13.8 Å². The highest BCUT2D eigenvalue weighted by Gasteiger charge is 2.06. The van der Waals surface area contributed by atoms with Gasteiger partial charge in [0.2, 0.25) is 5.91 Å². The molecule has 0 bridgehead atoms. The van der Waals surface area contributed by atoms with Crippen molar-refractivity contribution < 1.29 is 4.79 Å². The molecule has 4 nitrogen and oxygen atoms in total. The second-order valence-electron chi connectivity index (χ2n) is 3.38. The first-order chi connectivity index (χ1) is 7.65. The average molecular weight is 233 g/mol. The second kappa shape index (κ2) is 4.40. The van der Waals surface area contributed by atoms with E-state index in [0.717, 1.165) is 17.1 Å². The van der Waals surface area contributed by atoms with Crippen LogP contribution in [0, 0.1) is 6.92 Å². The Balaban J connectivity index is 2.28. The Morgan fingerprint density at radius 2 is 2.12 bits per heavy atom. The van der Waals surface area contributed by atoms with Gasteiger partial charge in [-0.15, -0.1) is 11.3 Å². The summed E-state index contributed by atoms with van der Waals surface area (Å²) in [5, 5.41) is 5.13. The van der Waals surface area contributed by atoms with E-state index in [2.05, 4.69) is 15.3 Å². The quantitative estimate of drug-likeness (QED) is 0.867. The van der Waals surface area contributed by atoms with Crippen LogP contribution >= 0.6 is 11.3 Å². The smallest absolute Gasteiger partial charge is 0.223 e. The first-order valence-corrected chi connectivity index (χ1v) is 5.70. The standard InChI is InChI=1S/C11H11N3OS/c1-7-4-3-5-9(12-7)10-6-16-11(14-10)13-8(2)15/h3-6H,1-2H3,(H,13,14,15). The zero-order chi connectivity index (χ0) is 11.5. The van der Waals surface area contributed by atoms with Crippen molar-refractivity contribution in [3.05, 3.63) is 29.3 Å².